The standard InChI is InChI=1S/C36H44N6O5S2.C2H2/c1-4-33(43)46-24-13-11-9-7-8-10-12-23-45-30-20-16-28(17-21-30)38-40-32-26-31-35(49-32)37-36(48-31)41-39-27-14-18-29(19-15-27)42(6-3)22-25-47-34(44)5-2;1-2/h5,14-21,26H,2,4,6-13,22-25H2,1,3H3;1-2H. The van der Waals surface area contributed by atoms with E-state index in [1.165, 1.54) is 41.9 Å². The van der Waals surface area contributed by atoms with E-state index < -0.39 is 5.97 Å². The van der Waals surface area contributed by atoms with Crippen molar-refractivity contribution in [2.24, 2.45) is 20.5 Å². The number of rotatable bonds is 22. The van der Waals surface area contributed by atoms with Gasteiger partial charge >= 0.3 is 11.9 Å². The lowest BCUT2D eigenvalue weighted by Crippen LogP contribution is -2.27. The molecule has 0 aliphatic carbocycles. The molecule has 0 radical (unpaired) electrons. The van der Waals surface area contributed by atoms with Crippen LogP contribution in [0.2, 0.25) is 0 Å². The van der Waals surface area contributed by atoms with E-state index in [2.05, 4.69) is 49.8 Å². The number of carbonyl (C=O) groups excluding carboxylic acids is 2. The van der Waals surface area contributed by atoms with Crippen LogP contribution in [-0.4, -0.2) is 49.8 Å². The first-order valence-electron chi connectivity index (χ1n) is 17.1. The molecule has 0 saturated carbocycles. The van der Waals surface area contributed by atoms with Crippen LogP contribution in [0.4, 0.5) is 27.2 Å². The SMILES string of the molecule is C#C.C=CC(=O)OCCN(CC)c1ccc(N=Nc2nc3sc(N=Nc4ccc(OCCCCCCCCCOC(=O)CC)cc4)cc3s2)cc1. The van der Waals surface area contributed by atoms with Crippen LogP contribution in [0, 0.1) is 12.8 Å². The third-order valence-electron chi connectivity index (χ3n) is 7.39. The fraction of sp³-hybridized carbons (Fsp3) is 0.395. The van der Waals surface area contributed by atoms with Gasteiger partial charge < -0.3 is 19.1 Å². The smallest absolute Gasteiger partial charge is 0.330 e. The molecule has 2 aromatic carbocycles. The van der Waals surface area contributed by atoms with Crippen LogP contribution >= 0.6 is 22.7 Å². The van der Waals surface area contributed by atoms with Gasteiger partial charge in [-0.2, -0.15) is 0 Å². The Hall–Kier alpha value is -4.93. The van der Waals surface area contributed by atoms with Crippen LogP contribution in [0.15, 0.2) is 87.7 Å². The summed E-state index contributed by atoms with van der Waals surface area (Å²) in [5.74, 6) is 0.288. The van der Waals surface area contributed by atoms with Crippen molar-refractivity contribution >= 4 is 71.3 Å². The fourth-order valence-electron chi connectivity index (χ4n) is 4.70. The van der Waals surface area contributed by atoms with Crippen molar-refractivity contribution in [2.45, 2.75) is 65.2 Å². The Kier molecular flexibility index (Phi) is 18.6. The van der Waals surface area contributed by atoms with Gasteiger partial charge in [0.05, 0.1) is 35.8 Å². The fourth-order valence-corrected chi connectivity index (χ4v) is 6.55. The Morgan fingerprint density at radius 1 is 0.804 bits per heavy atom. The number of benzene rings is 2. The first kappa shape index (κ1) is 40.5. The molecule has 0 saturated heterocycles. The third-order valence-corrected chi connectivity index (χ3v) is 9.32. The van der Waals surface area contributed by atoms with Gasteiger partial charge in [-0.15, -0.1) is 33.3 Å². The number of unbranched alkanes of at least 4 members (excludes halogenated alkanes) is 6. The number of thiazole rings is 1. The van der Waals surface area contributed by atoms with Crippen LogP contribution in [0.25, 0.3) is 9.53 Å². The molecule has 51 heavy (non-hydrogen) atoms. The zero-order valence-electron chi connectivity index (χ0n) is 29.4. The zero-order valence-corrected chi connectivity index (χ0v) is 31.0. The highest BCUT2D eigenvalue weighted by Gasteiger charge is 2.09. The lowest BCUT2D eigenvalue weighted by molar-refractivity contribution is -0.143. The Bertz CT molecular complexity index is 1680. The van der Waals surface area contributed by atoms with E-state index in [-0.39, 0.29) is 5.97 Å². The number of hydrogen-bond acceptors (Lipinski definition) is 13. The molecular formula is C38H46N6O5S2. The minimum Gasteiger partial charge on any atom is -0.494 e. The Morgan fingerprint density at radius 3 is 2.06 bits per heavy atom. The monoisotopic (exact) mass is 730 g/mol. The van der Waals surface area contributed by atoms with Crippen LogP contribution in [0.3, 0.4) is 0 Å². The molecule has 0 N–H and O–H groups in total. The van der Waals surface area contributed by atoms with Crippen molar-refractivity contribution in [2.75, 3.05) is 37.8 Å². The lowest BCUT2D eigenvalue weighted by atomic mass is 10.1. The Labute approximate surface area is 308 Å². The number of terminal acetylenes is 1. The molecule has 270 valence electrons. The predicted octanol–water partition coefficient (Wildman–Crippen LogP) is 11.1. The Balaban J connectivity index is 0.00000345. The number of thiophene rings is 1. The van der Waals surface area contributed by atoms with Crippen LogP contribution in [0.1, 0.15) is 65.2 Å². The quantitative estimate of drug-likeness (QED) is 0.0259. The molecule has 4 aromatic rings. The summed E-state index contributed by atoms with van der Waals surface area (Å²) in [4.78, 5) is 29.9. The first-order valence-corrected chi connectivity index (χ1v) is 18.7. The Morgan fingerprint density at radius 2 is 1.43 bits per heavy atom. The van der Waals surface area contributed by atoms with Crippen molar-refractivity contribution in [3.63, 3.8) is 0 Å². The molecule has 2 aromatic heterocycles. The molecule has 0 aliphatic rings. The summed E-state index contributed by atoms with van der Waals surface area (Å²) in [7, 11) is 0. The van der Waals surface area contributed by atoms with Crippen molar-refractivity contribution in [1.29, 1.82) is 0 Å². The van der Waals surface area contributed by atoms with Crippen LogP contribution < -0.4 is 9.64 Å². The van der Waals surface area contributed by atoms with E-state index in [4.69, 9.17) is 14.2 Å². The van der Waals surface area contributed by atoms with Gasteiger partial charge in [0.1, 0.15) is 22.2 Å². The maximum atomic E-state index is 11.3. The van der Waals surface area contributed by atoms with Gasteiger partial charge in [-0.3, -0.25) is 4.79 Å². The summed E-state index contributed by atoms with van der Waals surface area (Å²) < 4.78 is 17.1. The van der Waals surface area contributed by atoms with E-state index in [0.717, 1.165) is 75.6 Å². The summed E-state index contributed by atoms with van der Waals surface area (Å²) in [6.45, 7) is 10.2. The van der Waals surface area contributed by atoms with Gasteiger partial charge in [-0.05, 0) is 74.4 Å². The van der Waals surface area contributed by atoms with E-state index in [1.807, 2.05) is 68.4 Å². The number of hydrogen-bond donors (Lipinski definition) is 0. The van der Waals surface area contributed by atoms with E-state index in [1.54, 1.807) is 0 Å². The number of anilines is 1. The molecule has 0 aliphatic heterocycles. The van der Waals surface area contributed by atoms with Gasteiger partial charge in [-0.1, -0.05) is 68.3 Å². The second-order valence-corrected chi connectivity index (χ2v) is 13.0. The number of esters is 2. The highest BCUT2D eigenvalue weighted by Crippen LogP contribution is 2.39. The van der Waals surface area contributed by atoms with Crippen LogP contribution in [-0.2, 0) is 19.1 Å². The summed E-state index contributed by atoms with van der Waals surface area (Å²) >= 11 is 2.91. The number of ether oxygens (including phenoxy) is 3. The summed E-state index contributed by atoms with van der Waals surface area (Å²) in [5.41, 5.74) is 2.47. The molecule has 13 heteroatoms. The molecule has 0 unspecified atom stereocenters. The molecular weight excluding hydrogens is 685 g/mol. The molecule has 0 atom stereocenters. The average molecular weight is 731 g/mol. The molecule has 11 nitrogen and oxygen atoms in total. The number of carbonyl (C=O) groups is 2. The third kappa shape index (κ3) is 14.8. The zero-order chi connectivity index (χ0) is 36.7. The molecule has 0 amide bonds. The topological polar surface area (TPSA) is 127 Å². The summed E-state index contributed by atoms with van der Waals surface area (Å²) in [6.07, 6.45) is 17.4. The number of azo groups is 2. The molecule has 0 bridgehead atoms. The van der Waals surface area contributed by atoms with Crippen molar-refractivity contribution < 1.29 is 23.8 Å². The molecule has 4 rings (SSSR count). The minimum absolute atomic E-state index is 0.115. The number of fused-ring (bicyclic) bond motifs is 1. The predicted molar refractivity (Wildman–Crippen MR) is 207 cm³/mol. The lowest BCUT2D eigenvalue weighted by Gasteiger charge is -2.22. The highest BCUT2D eigenvalue weighted by atomic mass is 32.1. The van der Waals surface area contributed by atoms with Crippen molar-refractivity contribution in [1.82, 2.24) is 4.98 Å². The second kappa shape index (κ2) is 23.5. The maximum Gasteiger partial charge on any atom is 0.330 e. The van der Waals surface area contributed by atoms with E-state index in [9.17, 15) is 9.59 Å². The first-order chi connectivity index (χ1) is 25.0. The molecule has 2 heterocycles. The number of nitrogens with zero attached hydrogens (tertiary/aromatic N) is 6. The van der Waals surface area contributed by atoms with Crippen molar-refractivity contribution in [3.8, 4) is 18.6 Å². The van der Waals surface area contributed by atoms with Crippen molar-refractivity contribution in [3.05, 3.63) is 67.3 Å². The van der Waals surface area contributed by atoms with Gasteiger partial charge in [0.15, 0.2) is 0 Å². The highest BCUT2D eigenvalue weighted by molar-refractivity contribution is 7.30. The molecule has 0 spiro atoms. The summed E-state index contributed by atoms with van der Waals surface area (Å²) in [5, 5.41) is 18.8. The van der Waals surface area contributed by atoms with Gasteiger partial charge in [0.2, 0.25) is 5.13 Å². The number of aromatic nitrogens is 1. The number of likely N-dealkylation sites (N-methyl/N-ethyl adjacent to an activating group) is 1. The van der Waals surface area contributed by atoms with Gasteiger partial charge in [0.25, 0.3) is 0 Å². The second-order valence-electron chi connectivity index (χ2n) is 11.0. The maximum absolute atomic E-state index is 11.3. The van der Waals surface area contributed by atoms with E-state index in [0.29, 0.717) is 37.9 Å². The summed E-state index contributed by atoms with van der Waals surface area (Å²) in [6, 6.07) is 17.3. The largest absolute Gasteiger partial charge is 0.494 e. The minimum atomic E-state index is -0.422. The van der Waals surface area contributed by atoms with Crippen LogP contribution in [0.5, 0.6) is 5.75 Å². The average Bonchev–Trinajstić information content (AvgIpc) is 3.74. The van der Waals surface area contributed by atoms with Gasteiger partial charge in [0, 0.05) is 24.7 Å². The van der Waals surface area contributed by atoms with E-state index >= 15 is 0 Å². The van der Waals surface area contributed by atoms with Gasteiger partial charge in [-0.25, -0.2) is 9.78 Å². The molecule has 0 fully saturated rings. The normalized spacial score (nSPS) is 11.0.